The molecule has 18 heavy (non-hydrogen) atoms. The first kappa shape index (κ1) is 12.1. The number of aryl methyl sites for hydroxylation is 2. The van der Waals surface area contributed by atoms with Crippen LogP contribution in [-0.4, -0.2) is 14.8 Å². The van der Waals surface area contributed by atoms with Crippen molar-refractivity contribution in [3.05, 3.63) is 41.5 Å². The summed E-state index contributed by atoms with van der Waals surface area (Å²) in [6, 6.07) is 7.84. The highest BCUT2D eigenvalue weighted by molar-refractivity contribution is 5.51. The Labute approximate surface area is 106 Å². The number of hydrogen-bond acceptors (Lipinski definition) is 4. The molecule has 5 heteroatoms. The quantitative estimate of drug-likeness (QED) is 0.890. The molecule has 2 rings (SSSR count). The number of benzene rings is 1. The number of anilines is 1. The summed E-state index contributed by atoms with van der Waals surface area (Å²) in [6.45, 7) is 5.46. The molecule has 5 nitrogen and oxygen atoms in total. The molecular weight excluding hydrogens is 226 g/mol. The Balaban J connectivity index is 2.07. The van der Waals surface area contributed by atoms with Gasteiger partial charge in [-0.15, -0.1) is 10.2 Å². The van der Waals surface area contributed by atoms with Crippen molar-refractivity contribution in [2.75, 3.05) is 5.32 Å². The molecule has 2 aromatic rings. The second-order valence-corrected chi connectivity index (χ2v) is 4.03. The second-order valence-electron chi connectivity index (χ2n) is 4.03. The predicted molar refractivity (Wildman–Crippen MR) is 68.9 cm³/mol. The van der Waals surface area contributed by atoms with Gasteiger partial charge >= 0.3 is 0 Å². The van der Waals surface area contributed by atoms with Crippen molar-refractivity contribution in [2.24, 2.45) is 0 Å². The van der Waals surface area contributed by atoms with Crippen molar-refractivity contribution in [1.29, 1.82) is 5.26 Å². The molecule has 0 atom stereocenters. The molecule has 0 aliphatic heterocycles. The van der Waals surface area contributed by atoms with Gasteiger partial charge in [-0.05, 0) is 37.6 Å². The van der Waals surface area contributed by atoms with Gasteiger partial charge in [-0.1, -0.05) is 0 Å². The van der Waals surface area contributed by atoms with Crippen LogP contribution in [0.25, 0.3) is 0 Å². The van der Waals surface area contributed by atoms with Gasteiger partial charge in [0.05, 0.1) is 18.2 Å². The number of nitriles is 1. The molecule has 0 aliphatic carbocycles. The normalized spacial score (nSPS) is 10.1. The largest absolute Gasteiger partial charge is 0.378 e. The molecule has 0 saturated heterocycles. The molecule has 1 N–H and O–H groups in total. The van der Waals surface area contributed by atoms with Crippen molar-refractivity contribution in [3.63, 3.8) is 0 Å². The van der Waals surface area contributed by atoms with Crippen molar-refractivity contribution in [3.8, 4) is 6.07 Å². The number of rotatable bonds is 4. The van der Waals surface area contributed by atoms with E-state index in [0.717, 1.165) is 23.6 Å². The van der Waals surface area contributed by atoms with Crippen LogP contribution in [0.4, 0.5) is 5.69 Å². The molecule has 0 saturated carbocycles. The van der Waals surface area contributed by atoms with E-state index in [0.29, 0.717) is 12.1 Å². The van der Waals surface area contributed by atoms with Crippen LogP contribution >= 0.6 is 0 Å². The monoisotopic (exact) mass is 241 g/mol. The van der Waals surface area contributed by atoms with Gasteiger partial charge < -0.3 is 9.88 Å². The Kier molecular flexibility index (Phi) is 3.58. The third kappa shape index (κ3) is 2.48. The van der Waals surface area contributed by atoms with Crippen molar-refractivity contribution < 1.29 is 0 Å². The second kappa shape index (κ2) is 5.32. The smallest absolute Gasteiger partial charge is 0.152 e. The van der Waals surface area contributed by atoms with E-state index in [1.165, 1.54) is 0 Å². The average molecular weight is 241 g/mol. The third-order valence-corrected chi connectivity index (χ3v) is 2.83. The van der Waals surface area contributed by atoms with Gasteiger partial charge in [0.25, 0.3) is 0 Å². The summed E-state index contributed by atoms with van der Waals surface area (Å²) in [4.78, 5) is 0. The number of hydrogen-bond donors (Lipinski definition) is 1. The highest BCUT2D eigenvalue weighted by atomic mass is 15.3. The van der Waals surface area contributed by atoms with Gasteiger partial charge in [-0.3, -0.25) is 0 Å². The molecule has 92 valence electrons. The molecule has 0 spiro atoms. The van der Waals surface area contributed by atoms with Crippen LogP contribution in [0.2, 0.25) is 0 Å². The van der Waals surface area contributed by atoms with Crippen LogP contribution in [-0.2, 0) is 13.1 Å². The summed E-state index contributed by atoms with van der Waals surface area (Å²) in [7, 11) is 0. The molecule has 1 heterocycles. The summed E-state index contributed by atoms with van der Waals surface area (Å²) >= 11 is 0. The zero-order valence-corrected chi connectivity index (χ0v) is 10.5. The lowest BCUT2D eigenvalue weighted by Crippen LogP contribution is -2.07. The lowest BCUT2D eigenvalue weighted by Gasteiger charge is -2.08. The van der Waals surface area contributed by atoms with Gasteiger partial charge in [-0.2, -0.15) is 5.26 Å². The standard InChI is InChI=1S/C13H15N5/c1-3-18-9-16-17-13(18)8-15-12-5-4-11(7-14)10(2)6-12/h4-6,9,15H,3,8H2,1-2H3. The number of nitrogens with zero attached hydrogens (tertiary/aromatic N) is 4. The summed E-state index contributed by atoms with van der Waals surface area (Å²) < 4.78 is 1.99. The number of aromatic nitrogens is 3. The van der Waals surface area contributed by atoms with E-state index in [2.05, 4.69) is 28.5 Å². The van der Waals surface area contributed by atoms with Crippen molar-refractivity contribution in [1.82, 2.24) is 14.8 Å². The first-order valence-corrected chi connectivity index (χ1v) is 5.86. The van der Waals surface area contributed by atoms with E-state index in [1.807, 2.05) is 29.7 Å². The molecule has 1 aromatic carbocycles. The van der Waals surface area contributed by atoms with Gasteiger partial charge in [-0.25, -0.2) is 0 Å². The van der Waals surface area contributed by atoms with E-state index < -0.39 is 0 Å². The van der Waals surface area contributed by atoms with E-state index in [-0.39, 0.29) is 0 Å². The first-order valence-electron chi connectivity index (χ1n) is 5.86. The first-order chi connectivity index (χ1) is 8.74. The van der Waals surface area contributed by atoms with Crippen LogP contribution in [0, 0.1) is 18.3 Å². The molecule has 0 amide bonds. The third-order valence-electron chi connectivity index (χ3n) is 2.83. The van der Waals surface area contributed by atoms with Gasteiger partial charge in [0.15, 0.2) is 5.82 Å². The van der Waals surface area contributed by atoms with Gasteiger partial charge in [0.2, 0.25) is 0 Å². The summed E-state index contributed by atoms with van der Waals surface area (Å²) in [5, 5.41) is 20.1. The summed E-state index contributed by atoms with van der Waals surface area (Å²) in [5.74, 6) is 0.902. The lowest BCUT2D eigenvalue weighted by molar-refractivity contribution is 0.708. The van der Waals surface area contributed by atoms with E-state index in [1.54, 1.807) is 6.33 Å². The minimum atomic E-state index is 0.624. The lowest BCUT2D eigenvalue weighted by atomic mass is 10.1. The Bertz CT molecular complexity index is 579. The topological polar surface area (TPSA) is 66.5 Å². The maximum atomic E-state index is 8.87. The SMILES string of the molecule is CCn1cnnc1CNc1ccc(C#N)c(C)c1. The maximum Gasteiger partial charge on any atom is 0.152 e. The molecule has 0 fully saturated rings. The highest BCUT2D eigenvalue weighted by Crippen LogP contribution is 2.15. The van der Waals surface area contributed by atoms with Gasteiger partial charge in [0.1, 0.15) is 6.33 Å². The van der Waals surface area contributed by atoms with Gasteiger partial charge in [0, 0.05) is 12.2 Å². The van der Waals surface area contributed by atoms with Crippen molar-refractivity contribution >= 4 is 5.69 Å². The Morgan fingerprint density at radius 2 is 2.28 bits per heavy atom. The molecule has 0 unspecified atom stereocenters. The minimum Gasteiger partial charge on any atom is -0.378 e. The van der Waals surface area contributed by atoms with Crippen LogP contribution < -0.4 is 5.32 Å². The average Bonchev–Trinajstić information content (AvgIpc) is 2.84. The Morgan fingerprint density at radius 1 is 1.44 bits per heavy atom. The van der Waals surface area contributed by atoms with Crippen LogP contribution in [0.15, 0.2) is 24.5 Å². The van der Waals surface area contributed by atoms with E-state index in [9.17, 15) is 0 Å². The van der Waals surface area contributed by atoms with Crippen molar-refractivity contribution in [2.45, 2.75) is 26.9 Å². The predicted octanol–water partition coefficient (Wildman–Crippen LogP) is 2.09. The highest BCUT2D eigenvalue weighted by Gasteiger charge is 2.03. The van der Waals surface area contributed by atoms with Crippen LogP contribution in [0.3, 0.4) is 0 Å². The van der Waals surface area contributed by atoms with E-state index in [4.69, 9.17) is 5.26 Å². The van der Waals surface area contributed by atoms with E-state index >= 15 is 0 Å². The zero-order chi connectivity index (χ0) is 13.0. The fourth-order valence-electron chi connectivity index (χ4n) is 1.76. The van der Waals surface area contributed by atoms with Crippen LogP contribution in [0.5, 0.6) is 0 Å². The maximum absolute atomic E-state index is 8.87. The zero-order valence-electron chi connectivity index (χ0n) is 10.5. The van der Waals surface area contributed by atoms with Crippen LogP contribution in [0.1, 0.15) is 23.9 Å². The Hall–Kier alpha value is -2.35. The molecule has 0 bridgehead atoms. The fraction of sp³-hybridized carbons (Fsp3) is 0.308. The minimum absolute atomic E-state index is 0.624. The summed E-state index contributed by atoms with van der Waals surface area (Å²) in [6.07, 6.45) is 1.72. The Morgan fingerprint density at radius 3 is 2.94 bits per heavy atom. The number of nitrogens with one attached hydrogen (secondary N) is 1. The molecular formula is C13H15N5. The molecule has 0 radical (unpaired) electrons. The fourth-order valence-corrected chi connectivity index (χ4v) is 1.76. The molecule has 1 aromatic heterocycles. The summed E-state index contributed by atoms with van der Waals surface area (Å²) in [5.41, 5.74) is 2.66. The molecule has 0 aliphatic rings.